The van der Waals surface area contributed by atoms with E-state index in [1.54, 1.807) is 4.68 Å². The molecule has 0 aliphatic rings. The van der Waals surface area contributed by atoms with Gasteiger partial charge in [-0.1, -0.05) is 0 Å². The van der Waals surface area contributed by atoms with Gasteiger partial charge in [0.25, 0.3) is 0 Å². The van der Waals surface area contributed by atoms with Gasteiger partial charge in [-0.2, -0.15) is 10.4 Å². The first-order chi connectivity index (χ1) is 5.33. The van der Waals surface area contributed by atoms with Crippen molar-refractivity contribution in [2.24, 2.45) is 0 Å². The molecule has 4 nitrogen and oxygen atoms in total. The third kappa shape index (κ3) is 1.17. The molecule has 58 valence electrons. The lowest BCUT2D eigenvalue weighted by molar-refractivity contribution is 0.363. The number of ether oxygens (including phenoxy) is 1. The van der Waals surface area contributed by atoms with Gasteiger partial charge in [0.05, 0.1) is 13.3 Å². The molecule has 0 fully saturated rings. The highest BCUT2D eigenvalue weighted by molar-refractivity contribution is 5.36. The number of rotatable bonds is 2. The van der Waals surface area contributed by atoms with E-state index in [1.165, 1.54) is 13.3 Å². The predicted molar refractivity (Wildman–Crippen MR) is 39.2 cm³/mol. The predicted octanol–water partition coefficient (Wildman–Crippen LogP) is 0.783. The van der Waals surface area contributed by atoms with Crippen LogP contribution in [0, 0.1) is 11.3 Å². The molecule has 0 spiro atoms. The molecular weight excluding hydrogens is 142 g/mol. The third-order valence-electron chi connectivity index (χ3n) is 1.40. The van der Waals surface area contributed by atoms with E-state index in [1.807, 2.05) is 13.0 Å². The van der Waals surface area contributed by atoms with Gasteiger partial charge in [0.15, 0.2) is 0 Å². The Hall–Kier alpha value is -1.50. The van der Waals surface area contributed by atoms with Gasteiger partial charge in [-0.15, -0.1) is 0 Å². The Morgan fingerprint density at radius 3 is 3.00 bits per heavy atom. The Morgan fingerprint density at radius 1 is 1.82 bits per heavy atom. The van der Waals surface area contributed by atoms with Crippen LogP contribution in [0.2, 0.25) is 0 Å². The van der Waals surface area contributed by atoms with E-state index >= 15 is 0 Å². The molecule has 11 heavy (non-hydrogen) atoms. The number of aryl methyl sites for hydroxylation is 1. The van der Waals surface area contributed by atoms with E-state index in [0.29, 0.717) is 18.0 Å². The fraction of sp³-hybridized carbons (Fsp3) is 0.429. The van der Waals surface area contributed by atoms with Gasteiger partial charge in [-0.05, 0) is 6.92 Å². The molecule has 0 saturated carbocycles. The highest BCUT2D eigenvalue weighted by atomic mass is 16.5. The minimum atomic E-state index is 0.481. The standard InChI is InChI=1S/C7H9N3O/c1-3-10-7(11-2)6(4-8)5-9-10/h5H,3H2,1-2H3. The lowest BCUT2D eigenvalue weighted by Crippen LogP contribution is -1.99. The molecule has 0 radical (unpaired) electrons. The van der Waals surface area contributed by atoms with Crippen molar-refractivity contribution < 1.29 is 4.74 Å². The zero-order valence-corrected chi connectivity index (χ0v) is 6.53. The average molecular weight is 151 g/mol. The summed E-state index contributed by atoms with van der Waals surface area (Å²) in [6, 6.07) is 1.99. The molecule has 1 aromatic rings. The van der Waals surface area contributed by atoms with Crippen LogP contribution in [0.25, 0.3) is 0 Å². The summed E-state index contributed by atoms with van der Waals surface area (Å²) in [5, 5.41) is 12.5. The second-order valence-electron chi connectivity index (χ2n) is 2.00. The van der Waals surface area contributed by atoms with Crippen molar-refractivity contribution in [1.29, 1.82) is 5.26 Å². The summed E-state index contributed by atoms with van der Waals surface area (Å²) < 4.78 is 6.61. The molecule has 0 N–H and O–H groups in total. The molecule has 1 aromatic heterocycles. The van der Waals surface area contributed by atoms with E-state index in [-0.39, 0.29) is 0 Å². The van der Waals surface area contributed by atoms with Gasteiger partial charge in [-0.3, -0.25) is 0 Å². The van der Waals surface area contributed by atoms with Crippen molar-refractivity contribution >= 4 is 0 Å². The van der Waals surface area contributed by atoms with Crippen molar-refractivity contribution in [3.8, 4) is 11.9 Å². The quantitative estimate of drug-likeness (QED) is 0.627. The molecule has 0 saturated heterocycles. The summed E-state index contributed by atoms with van der Waals surface area (Å²) in [7, 11) is 1.53. The minimum Gasteiger partial charge on any atom is -0.480 e. The molecule has 0 bridgehead atoms. The van der Waals surface area contributed by atoms with Gasteiger partial charge < -0.3 is 4.74 Å². The van der Waals surface area contributed by atoms with E-state index < -0.39 is 0 Å². The monoisotopic (exact) mass is 151 g/mol. The number of nitriles is 1. The van der Waals surface area contributed by atoms with Crippen molar-refractivity contribution in [2.45, 2.75) is 13.5 Å². The van der Waals surface area contributed by atoms with Crippen LogP contribution >= 0.6 is 0 Å². The van der Waals surface area contributed by atoms with Gasteiger partial charge in [0.2, 0.25) is 5.88 Å². The second-order valence-corrected chi connectivity index (χ2v) is 2.00. The molecule has 0 unspecified atom stereocenters. The minimum absolute atomic E-state index is 0.481. The van der Waals surface area contributed by atoms with Crippen LogP contribution in [0.15, 0.2) is 6.20 Å². The average Bonchev–Trinajstić information content (AvgIpc) is 2.45. The maximum absolute atomic E-state index is 8.58. The van der Waals surface area contributed by atoms with Gasteiger partial charge >= 0.3 is 0 Å². The number of aromatic nitrogens is 2. The Morgan fingerprint density at radius 2 is 2.55 bits per heavy atom. The third-order valence-corrected chi connectivity index (χ3v) is 1.40. The first-order valence-corrected chi connectivity index (χ1v) is 3.33. The molecule has 1 rings (SSSR count). The highest BCUT2D eigenvalue weighted by Gasteiger charge is 2.07. The fourth-order valence-electron chi connectivity index (χ4n) is 0.891. The van der Waals surface area contributed by atoms with Crippen molar-refractivity contribution in [3.63, 3.8) is 0 Å². The summed E-state index contributed by atoms with van der Waals surface area (Å²) >= 11 is 0. The second kappa shape index (κ2) is 3.06. The maximum Gasteiger partial charge on any atom is 0.229 e. The molecule has 0 atom stereocenters. The van der Waals surface area contributed by atoms with Crippen LogP contribution in [0.4, 0.5) is 0 Å². The van der Waals surface area contributed by atoms with Crippen LogP contribution in [-0.2, 0) is 6.54 Å². The van der Waals surface area contributed by atoms with E-state index in [9.17, 15) is 0 Å². The van der Waals surface area contributed by atoms with E-state index in [2.05, 4.69) is 5.10 Å². The summed E-state index contributed by atoms with van der Waals surface area (Å²) in [6.07, 6.45) is 1.50. The fourth-order valence-corrected chi connectivity index (χ4v) is 0.891. The van der Waals surface area contributed by atoms with Crippen LogP contribution in [0.5, 0.6) is 5.88 Å². The lowest BCUT2D eigenvalue weighted by Gasteiger charge is -2.01. The van der Waals surface area contributed by atoms with Gasteiger partial charge in [0.1, 0.15) is 11.6 Å². The Kier molecular flexibility index (Phi) is 2.12. The zero-order chi connectivity index (χ0) is 8.27. The first-order valence-electron chi connectivity index (χ1n) is 3.33. The van der Waals surface area contributed by atoms with E-state index in [4.69, 9.17) is 10.00 Å². The van der Waals surface area contributed by atoms with Crippen LogP contribution in [-0.4, -0.2) is 16.9 Å². The largest absolute Gasteiger partial charge is 0.480 e. The topological polar surface area (TPSA) is 50.8 Å². The molecule has 0 aromatic carbocycles. The SMILES string of the molecule is CCn1ncc(C#N)c1OC. The first kappa shape index (κ1) is 7.61. The Bertz CT molecular complexity index is 284. The smallest absolute Gasteiger partial charge is 0.229 e. The molecule has 1 heterocycles. The molecule has 4 heteroatoms. The summed E-state index contributed by atoms with van der Waals surface area (Å²) in [5.41, 5.74) is 0.481. The number of nitrogens with zero attached hydrogens (tertiary/aromatic N) is 3. The normalized spacial score (nSPS) is 9.18. The molecule has 0 amide bonds. The van der Waals surface area contributed by atoms with Crippen LogP contribution in [0.1, 0.15) is 12.5 Å². The van der Waals surface area contributed by atoms with Gasteiger partial charge in [-0.25, -0.2) is 4.68 Å². The van der Waals surface area contributed by atoms with Crippen LogP contribution < -0.4 is 4.74 Å². The molecular formula is C7H9N3O. The lowest BCUT2D eigenvalue weighted by atomic mass is 10.4. The summed E-state index contributed by atoms with van der Waals surface area (Å²) in [5.74, 6) is 0.537. The van der Waals surface area contributed by atoms with Crippen molar-refractivity contribution in [3.05, 3.63) is 11.8 Å². The van der Waals surface area contributed by atoms with Gasteiger partial charge in [0, 0.05) is 6.54 Å². The maximum atomic E-state index is 8.58. The number of hydrogen-bond donors (Lipinski definition) is 0. The van der Waals surface area contributed by atoms with Crippen molar-refractivity contribution in [2.75, 3.05) is 7.11 Å². The Balaban J connectivity index is 3.12. The zero-order valence-electron chi connectivity index (χ0n) is 6.53. The molecule has 0 aliphatic heterocycles. The van der Waals surface area contributed by atoms with E-state index in [0.717, 1.165) is 0 Å². The van der Waals surface area contributed by atoms with Crippen molar-refractivity contribution in [1.82, 2.24) is 9.78 Å². The highest BCUT2D eigenvalue weighted by Crippen LogP contribution is 2.15. The summed E-state index contributed by atoms with van der Waals surface area (Å²) in [6.45, 7) is 2.65. The summed E-state index contributed by atoms with van der Waals surface area (Å²) in [4.78, 5) is 0. The Labute approximate surface area is 65.0 Å². The number of hydrogen-bond acceptors (Lipinski definition) is 3. The molecule has 0 aliphatic carbocycles. The van der Waals surface area contributed by atoms with Crippen LogP contribution in [0.3, 0.4) is 0 Å². The number of methoxy groups -OCH3 is 1.